The maximum atomic E-state index is 5.83. The number of nitrogens with one attached hydrogen (secondary N) is 1. The molecule has 0 aliphatic rings. The Morgan fingerprint density at radius 2 is 1.65 bits per heavy atom. The fourth-order valence-electron chi connectivity index (χ4n) is 1.45. The Morgan fingerprint density at radius 3 is 2.35 bits per heavy atom. The second-order valence-corrected chi connectivity index (χ2v) is 5.20. The number of benzene rings is 2. The van der Waals surface area contributed by atoms with E-state index in [1.165, 1.54) is 10.6 Å². The highest BCUT2D eigenvalue weighted by atomic mass is 35.5. The smallest absolute Gasteiger partial charge is 0.0406 e. The summed E-state index contributed by atoms with van der Waals surface area (Å²) in [6, 6.07) is 18.2. The molecule has 0 bridgehead atoms. The quantitative estimate of drug-likeness (QED) is 0.628. The third kappa shape index (κ3) is 4.33. The van der Waals surface area contributed by atoms with Crippen LogP contribution in [-0.4, -0.2) is 12.3 Å². The lowest BCUT2D eigenvalue weighted by molar-refractivity contribution is 1.22. The average Bonchev–Trinajstić information content (AvgIpc) is 2.38. The van der Waals surface area contributed by atoms with E-state index in [0.717, 1.165) is 17.3 Å². The summed E-state index contributed by atoms with van der Waals surface area (Å²) in [6.07, 6.45) is 0. The largest absolute Gasteiger partial charge is 0.384 e. The molecule has 0 aliphatic heterocycles. The van der Waals surface area contributed by atoms with Gasteiger partial charge in [0.25, 0.3) is 0 Å². The van der Waals surface area contributed by atoms with E-state index < -0.39 is 0 Å². The van der Waals surface area contributed by atoms with E-state index >= 15 is 0 Å². The number of anilines is 1. The first-order valence-corrected chi connectivity index (χ1v) is 6.88. The van der Waals surface area contributed by atoms with Crippen molar-refractivity contribution >= 4 is 29.1 Å². The van der Waals surface area contributed by atoms with Gasteiger partial charge in [0, 0.05) is 27.9 Å². The van der Waals surface area contributed by atoms with Crippen molar-refractivity contribution in [3.05, 3.63) is 59.6 Å². The van der Waals surface area contributed by atoms with Gasteiger partial charge in [-0.25, -0.2) is 0 Å². The molecule has 0 heterocycles. The summed E-state index contributed by atoms with van der Waals surface area (Å²) in [5.41, 5.74) is 1.17. The van der Waals surface area contributed by atoms with Crippen molar-refractivity contribution in [1.29, 1.82) is 0 Å². The first kappa shape index (κ1) is 12.3. The molecule has 0 aromatic heterocycles. The maximum Gasteiger partial charge on any atom is 0.0406 e. The topological polar surface area (TPSA) is 12.0 Å². The molecule has 0 atom stereocenters. The molecule has 88 valence electrons. The third-order valence-corrected chi connectivity index (χ3v) is 3.55. The Labute approximate surface area is 111 Å². The van der Waals surface area contributed by atoms with Crippen LogP contribution in [-0.2, 0) is 0 Å². The van der Waals surface area contributed by atoms with Gasteiger partial charge in [0.05, 0.1) is 0 Å². The fourth-order valence-corrected chi connectivity index (χ4v) is 2.35. The van der Waals surface area contributed by atoms with Crippen LogP contribution in [0.25, 0.3) is 0 Å². The molecule has 0 aliphatic carbocycles. The van der Waals surface area contributed by atoms with Crippen LogP contribution in [0, 0.1) is 0 Å². The second kappa shape index (κ2) is 6.58. The highest BCUT2D eigenvalue weighted by Gasteiger charge is 1.94. The first-order chi connectivity index (χ1) is 8.34. The van der Waals surface area contributed by atoms with E-state index in [0.29, 0.717) is 0 Å². The summed E-state index contributed by atoms with van der Waals surface area (Å²) >= 11 is 7.66. The lowest BCUT2D eigenvalue weighted by Crippen LogP contribution is -2.03. The summed E-state index contributed by atoms with van der Waals surface area (Å²) in [5.74, 6) is 1.04. The van der Waals surface area contributed by atoms with E-state index in [9.17, 15) is 0 Å². The molecule has 1 nitrogen and oxygen atoms in total. The van der Waals surface area contributed by atoms with E-state index in [4.69, 9.17) is 11.6 Å². The van der Waals surface area contributed by atoms with E-state index in [2.05, 4.69) is 29.6 Å². The van der Waals surface area contributed by atoms with Crippen LogP contribution < -0.4 is 5.32 Å². The van der Waals surface area contributed by atoms with Crippen molar-refractivity contribution in [3.63, 3.8) is 0 Å². The predicted octanol–water partition coefficient (Wildman–Crippen LogP) is 4.54. The van der Waals surface area contributed by atoms with Crippen LogP contribution in [0.2, 0.25) is 5.02 Å². The number of hydrogen-bond acceptors (Lipinski definition) is 2. The SMILES string of the molecule is Clc1ccc(SCCNc2ccccc2)cc1. The fraction of sp³-hybridized carbons (Fsp3) is 0.143. The van der Waals surface area contributed by atoms with Crippen molar-refractivity contribution in [1.82, 2.24) is 0 Å². The molecule has 0 fully saturated rings. The molecule has 3 heteroatoms. The van der Waals surface area contributed by atoms with Gasteiger partial charge in [0.2, 0.25) is 0 Å². The van der Waals surface area contributed by atoms with Crippen molar-refractivity contribution in [2.24, 2.45) is 0 Å². The number of rotatable bonds is 5. The second-order valence-electron chi connectivity index (χ2n) is 3.60. The van der Waals surface area contributed by atoms with E-state index in [1.807, 2.05) is 42.1 Å². The summed E-state index contributed by atoms with van der Waals surface area (Å²) < 4.78 is 0. The van der Waals surface area contributed by atoms with Crippen LogP contribution in [0.15, 0.2) is 59.5 Å². The van der Waals surface area contributed by atoms with Crippen LogP contribution in [0.1, 0.15) is 0 Å². The minimum atomic E-state index is 0.789. The molecule has 0 saturated carbocycles. The van der Waals surface area contributed by atoms with Crippen LogP contribution in [0.5, 0.6) is 0 Å². The van der Waals surface area contributed by atoms with E-state index in [1.54, 1.807) is 0 Å². The lowest BCUT2D eigenvalue weighted by Gasteiger charge is -2.05. The van der Waals surface area contributed by atoms with Gasteiger partial charge in [0.1, 0.15) is 0 Å². The Hall–Kier alpha value is -1.12. The summed E-state index contributed by atoms with van der Waals surface area (Å²) in [6.45, 7) is 0.956. The molecule has 0 amide bonds. The average molecular weight is 264 g/mol. The van der Waals surface area contributed by atoms with Gasteiger partial charge in [-0.2, -0.15) is 0 Å². The number of hydrogen-bond donors (Lipinski definition) is 1. The Balaban J connectivity index is 1.71. The highest BCUT2D eigenvalue weighted by Crippen LogP contribution is 2.20. The molecule has 0 spiro atoms. The minimum Gasteiger partial charge on any atom is -0.384 e. The third-order valence-electron chi connectivity index (χ3n) is 2.29. The van der Waals surface area contributed by atoms with Gasteiger partial charge < -0.3 is 5.32 Å². The predicted molar refractivity (Wildman–Crippen MR) is 77.1 cm³/mol. The molecular weight excluding hydrogens is 250 g/mol. The maximum absolute atomic E-state index is 5.83. The van der Waals surface area contributed by atoms with Crippen LogP contribution >= 0.6 is 23.4 Å². The zero-order chi connectivity index (χ0) is 11.9. The minimum absolute atomic E-state index is 0.789. The zero-order valence-corrected chi connectivity index (χ0v) is 11.0. The van der Waals surface area contributed by atoms with Gasteiger partial charge in [-0.05, 0) is 36.4 Å². The van der Waals surface area contributed by atoms with Gasteiger partial charge in [-0.1, -0.05) is 29.8 Å². The van der Waals surface area contributed by atoms with Crippen molar-refractivity contribution in [3.8, 4) is 0 Å². The van der Waals surface area contributed by atoms with Crippen molar-refractivity contribution < 1.29 is 0 Å². The molecule has 1 N–H and O–H groups in total. The van der Waals surface area contributed by atoms with Gasteiger partial charge in [-0.15, -0.1) is 11.8 Å². The molecule has 0 unspecified atom stereocenters. The van der Waals surface area contributed by atoms with E-state index in [-0.39, 0.29) is 0 Å². The molecular formula is C14H14ClNS. The van der Waals surface area contributed by atoms with Gasteiger partial charge in [-0.3, -0.25) is 0 Å². The highest BCUT2D eigenvalue weighted by molar-refractivity contribution is 7.99. The molecule has 0 saturated heterocycles. The molecule has 0 radical (unpaired) electrons. The standard InChI is InChI=1S/C14H14ClNS/c15-12-6-8-14(9-7-12)17-11-10-16-13-4-2-1-3-5-13/h1-9,16H,10-11H2. The number of thioether (sulfide) groups is 1. The zero-order valence-electron chi connectivity index (χ0n) is 9.40. The number of para-hydroxylation sites is 1. The summed E-state index contributed by atoms with van der Waals surface area (Å²) in [7, 11) is 0. The first-order valence-electron chi connectivity index (χ1n) is 5.52. The monoisotopic (exact) mass is 263 g/mol. The summed E-state index contributed by atoms with van der Waals surface area (Å²) in [4.78, 5) is 1.25. The Bertz CT molecular complexity index is 442. The van der Waals surface area contributed by atoms with Crippen LogP contribution in [0.3, 0.4) is 0 Å². The number of halogens is 1. The van der Waals surface area contributed by atoms with Crippen LogP contribution in [0.4, 0.5) is 5.69 Å². The lowest BCUT2D eigenvalue weighted by atomic mass is 10.3. The van der Waals surface area contributed by atoms with Gasteiger partial charge >= 0.3 is 0 Å². The Morgan fingerprint density at radius 1 is 0.941 bits per heavy atom. The molecule has 2 aromatic rings. The Kier molecular flexibility index (Phi) is 4.77. The van der Waals surface area contributed by atoms with Crippen molar-refractivity contribution in [2.75, 3.05) is 17.6 Å². The summed E-state index contributed by atoms with van der Waals surface area (Å²) in [5, 5.41) is 4.17. The van der Waals surface area contributed by atoms with Gasteiger partial charge in [0.15, 0.2) is 0 Å². The molecule has 17 heavy (non-hydrogen) atoms. The normalized spacial score (nSPS) is 10.2. The molecule has 2 aromatic carbocycles. The molecule has 2 rings (SSSR count). The van der Waals surface area contributed by atoms with Crippen molar-refractivity contribution in [2.45, 2.75) is 4.90 Å².